The third-order valence-electron chi connectivity index (χ3n) is 5.18. The molecular weight excluding hydrogens is 378 g/mol. The number of amides is 2. The van der Waals surface area contributed by atoms with Gasteiger partial charge in [-0.1, -0.05) is 6.07 Å². The molecule has 7 nitrogen and oxygen atoms in total. The van der Waals surface area contributed by atoms with E-state index in [4.69, 9.17) is 0 Å². The summed E-state index contributed by atoms with van der Waals surface area (Å²) in [7, 11) is 0. The molecular formula is C23H41N5O2. The van der Waals surface area contributed by atoms with Crippen LogP contribution in [-0.2, 0) is 0 Å². The minimum atomic E-state index is -0.261. The molecule has 0 aliphatic rings. The first kappa shape index (κ1) is 26.0. The van der Waals surface area contributed by atoms with E-state index in [2.05, 4.69) is 80.8 Å². The topological polar surface area (TPSA) is 77.6 Å². The summed E-state index contributed by atoms with van der Waals surface area (Å²) >= 11 is 0. The van der Waals surface area contributed by atoms with Crippen LogP contribution >= 0.6 is 0 Å². The van der Waals surface area contributed by atoms with Crippen molar-refractivity contribution in [3.05, 3.63) is 29.6 Å². The van der Waals surface area contributed by atoms with E-state index in [1.165, 1.54) is 0 Å². The van der Waals surface area contributed by atoms with Gasteiger partial charge in [-0.3, -0.25) is 19.4 Å². The number of carbonyl (C=O) groups is 2. The van der Waals surface area contributed by atoms with Gasteiger partial charge in [-0.25, -0.2) is 4.98 Å². The Morgan fingerprint density at radius 1 is 0.733 bits per heavy atom. The van der Waals surface area contributed by atoms with Crippen LogP contribution in [0.25, 0.3) is 0 Å². The smallest absolute Gasteiger partial charge is 0.269 e. The highest BCUT2D eigenvalue weighted by molar-refractivity contribution is 5.96. The molecule has 0 spiro atoms. The van der Waals surface area contributed by atoms with Crippen molar-refractivity contribution in [2.45, 2.75) is 79.6 Å². The van der Waals surface area contributed by atoms with E-state index in [-0.39, 0.29) is 23.2 Å². The Balaban J connectivity index is 2.60. The van der Waals surface area contributed by atoms with E-state index in [1.807, 2.05) is 0 Å². The van der Waals surface area contributed by atoms with Crippen molar-refractivity contribution in [3.63, 3.8) is 0 Å². The molecule has 1 aromatic heterocycles. The fraction of sp³-hybridized carbons (Fsp3) is 0.696. The van der Waals surface area contributed by atoms with Crippen LogP contribution in [0.5, 0.6) is 0 Å². The Kier molecular flexibility index (Phi) is 11.0. The highest BCUT2D eigenvalue weighted by atomic mass is 16.2. The maximum absolute atomic E-state index is 12.5. The van der Waals surface area contributed by atoms with Crippen LogP contribution in [0.1, 0.15) is 76.4 Å². The molecule has 0 radical (unpaired) electrons. The molecule has 1 rings (SSSR count). The fourth-order valence-electron chi connectivity index (χ4n) is 3.69. The maximum Gasteiger partial charge on any atom is 0.269 e. The summed E-state index contributed by atoms with van der Waals surface area (Å²) in [6.07, 6.45) is 0. The van der Waals surface area contributed by atoms with Gasteiger partial charge in [0.2, 0.25) is 0 Å². The monoisotopic (exact) mass is 419 g/mol. The third-order valence-corrected chi connectivity index (χ3v) is 5.18. The number of hydrogen-bond acceptors (Lipinski definition) is 5. The van der Waals surface area contributed by atoms with Crippen molar-refractivity contribution in [2.75, 3.05) is 26.2 Å². The normalized spacial score (nSPS) is 11.9. The second-order valence-corrected chi connectivity index (χ2v) is 8.77. The lowest BCUT2D eigenvalue weighted by Crippen LogP contribution is -2.43. The quantitative estimate of drug-likeness (QED) is 0.545. The molecule has 0 saturated carbocycles. The van der Waals surface area contributed by atoms with Gasteiger partial charge in [-0.05, 0) is 67.5 Å². The van der Waals surface area contributed by atoms with Gasteiger partial charge in [-0.2, -0.15) is 0 Å². The van der Waals surface area contributed by atoms with Crippen molar-refractivity contribution in [1.29, 1.82) is 0 Å². The molecule has 0 saturated heterocycles. The summed E-state index contributed by atoms with van der Waals surface area (Å²) in [6, 6.07) is 6.61. The molecule has 0 unspecified atom stereocenters. The summed E-state index contributed by atoms with van der Waals surface area (Å²) in [5, 5.41) is 5.81. The minimum absolute atomic E-state index is 0.259. The molecule has 2 amide bonds. The van der Waals surface area contributed by atoms with Crippen molar-refractivity contribution in [1.82, 2.24) is 25.4 Å². The largest absolute Gasteiger partial charge is 0.349 e. The number of nitrogens with one attached hydrogen (secondary N) is 2. The maximum atomic E-state index is 12.5. The molecule has 30 heavy (non-hydrogen) atoms. The summed E-state index contributed by atoms with van der Waals surface area (Å²) < 4.78 is 0. The molecule has 0 atom stereocenters. The number of carbonyl (C=O) groups excluding carboxylic acids is 2. The van der Waals surface area contributed by atoms with E-state index in [0.717, 1.165) is 13.1 Å². The van der Waals surface area contributed by atoms with Gasteiger partial charge in [-0.15, -0.1) is 0 Å². The lowest BCUT2D eigenvalue weighted by Gasteiger charge is -2.30. The average molecular weight is 420 g/mol. The lowest BCUT2D eigenvalue weighted by molar-refractivity contribution is 0.0929. The standard InChI is InChI=1S/C23H41N5O2/c1-16(2)27(17(3)4)14-12-24-22(29)20-10-9-11-21(26-20)23(30)25-13-15-28(18(5)6)19(7)8/h9-11,16-19H,12-15H2,1-8H3,(H,24,29)(H,25,30). The van der Waals surface area contributed by atoms with E-state index in [1.54, 1.807) is 18.2 Å². The number of hydrogen-bond donors (Lipinski definition) is 2. The molecule has 0 aliphatic heterocycles. The average Bonchev–Trinajstić information content (AvgIpc) is 2.66. The number of nitrogens with zero attached hydrogens (tertiary/aromatic N) is 3. The summed E-state index contributed by atoms with van der Waals surface area (Å²) in [5.74, 6) is -0.522. The fourth-order valence-corrected chi connectivity index (χ4v) is 3.69. The molecule has 0 aromatic carbocycles. The third kappa shape index (κ3) is 8.40. The predicted molar refractivity (Wildman–Crippen MR) is 123 cm³/mol. The Morgan fingerprint density at radius 3 is 1.37 bits per heavy atom. The van der Waals surface area contributed by atoms with Gasteiger partial charge in [0.1, 0.15) is 11.4 Å². The van der Waals surface area contributed by atoms with E-state index in [9.17, 15) is 9.59 Å². The van der Waals surface area contributed by atoms with Crippen LogP contribution in [0.2, 0.25) is 0 Å². The van der Waals surface area contributed by atoms with Crippen LogP contribution in [0.4, 0.5) is 0 Å². The van der Waals surface area contributed by atoms with Gasteiger partial charge >= 0.3 is 0 Å². The second-order valence-electron chi connectivity index (χ2n) is 8.77. The zero-order valence-electron chi connectivity index (χ0n) is 20.0. The first-order valence-corrected chi connectivity index (χ1v) is 11.1. The molecule has 170 valence electrons. The van der Waals surface area contributed by atoms with E-state index >= 15 is 0 Å². The Labute approximate surface area is 182 Å². The highest BCUT2D eigenvalue weighted by Crippen LogP contribution is 2.05. The molecule has 0 aliphatic carbocycles. The van der Waals surface area contributed by atoms with Crippen molar-refractivity contribution >= 4 is 11.8 Å². The van der Waals surface area contributed by atoms with Gasteiger partial charge in [0, 0.05) is 50.3 Å². The number of pyridine rings is 1. The lowest BCUT2D eigenvalue weighted by atomic mass is 10.2. The number of rotatable bonds is 12. The summed E-state index contributed by atoms with van der Waals surface area (Å²) in [4.78, 5) is 33.8. The highest BCUT2D eigenvalue weighted by Gasteiger charge is 2.16. The Bertz CT molecular complexity index is 604. The van der Waals surface area contributed by atoms with E-state index < -0.39 is 0 Å². The minimum Gasteiger partial charge on any atom is -0.349 e. The van der Waals surface area contributed by atoms with Gasteiger partial charge in [0.25, 0.3) is 11.8 Å². The van der Waals surface area contributed by atoms with Crippen molar-refractivity contribution in [3.8, 4) is 0 Å². The van der Waals surface area contributed by atoms with Gasteiger partial charge in [0.15, 0.2) is 0 Å². The van der Waals surface area contributed by atoms with Crippen LogP contribution in [0.3, 0.4) is 0 Å². The molecule has 0 fully saturated rings. The van der Waals surface area contributed by atoms with Crippen molar-refractivity contribution < 1.29 is 9.59 Å². The molecule has 1 aromatic rings. The van der Waals surface area contributed by atoms with Gasteiger partial charge < -0.3 is 10.6 Å². The van der Waals surface area contributed by atoms with Crippen LogP contribution < -0.4 is 10.6 Å². The molecule has 7 heteroatoms. The molecule has 2 N–H and O–H groups in total. The van der Waals surface area contributed by atoms with E-state index in [0.29, 0.717) is 37.3 Å². The summed E-state index contributed by atoms with van der Waals surface area (Å²) in [6.45, 7) is 19.8. The van der Waals surface area contributed by atoms with Crippen LogP contribution in [0, 0.1) is 0 Å². The van der Waals surface area contributed by atoms with Crippen LogP contribution in [-0.4, -0.2) is 76.9 Å². The molecule has 0 bridgehead atoms. The summed E-state index contributed by atoms with van der Waals surface area (Å²) in [5.41, 5.74) is 0.517. The number of aromatic nitrogens is 1. The van der Waals surface area contributed by atoms with Crippen molar-refractivity contribution in [2.24, 2.45) is 0 Å². The second kappa shape index (κ2) is 12.6. The Morgan fingerprint density at radius 2 is 1.07 bits per heavy atom. The van der Waals surface area contributed by atoms with Crippen LogP contribution in [0.15, 0.2) is 18.2 Å². The van der Waals surface area contributed by atoms with Gasteiger partial charge in [0.05, 0.1) is 0 Å². The SMILES string of the molecule is CC(C)N(CCNC(=O)c1cccc(C(=O)NCCN(C(C)C)C(C)C)n1)C(C)C. The zero-order valence-corrected chi connectivity index (χ0v) is 20.0. The first-order valence-electron chi connectivity index (χ1n) is 11.1. The predicted octanol–water partition coefficient (Wildman–Crippen LogP) is 2.78. The Hall–Kier alpha value is -1.99. The molecule has 1 heterocycles. The first-order chi connectivity index (χ1) is 14.0. The zero-order chi connectivity index (χ0) is 22.8.